The van der Waals surface area contributed by atoms with Crippen molar-refractivity contribution in [1.82, 2.24) is 9.97 Å². The summed E-state index contributed by atoms with van der Waals surface area (Å²) in [6, 6.07) is 16.5. The molecular weight excluding hydrogens is 390 g/mol. The van der Waals surface area contributed by atoms with Crippen molar-refractivity contribution in [1.29, 1.82) is 0 Å². The van der Waals surface area contributed by atoms with E-state index in [4.69, 9.17) is 14.2 Å². The summed E-state index contributed by atoms with van der Waals surface area (Å²) in [7, 11) is 0. The molecule has 144 valence electrons. The van der Waals surface area contributed by atoms with E-state index in [9.17, 15) is 4.79 Å². The van der Waals surface area contributed by atoms with Gasteiger partial charge in [-0.1, -0.05) is 23.5 Å². The lowest BCUT2D eigenvalue weighted by Crippen LogP contribution is -2.20. The molecule has 4 aromatic rings. The van der Waals surface area contributed by atoms with Gasteiger partial charge in [0.1, 0.15) is 21.1 Å². The van der Waals surface area contributed by atoms with Gasteiger partial charge < -0.3 is 19.5 Å². The van der Waals surface area contributed by atoms with Crippen molar-refractivity contribution in [3.8, 4) is 27.8 Å². The molecule has 0 saturated heterocycles. The minimum atomic E-state index is -0.259. The zero-order valence-electron chi connectivity index (χ0n) is 15.1. The molecule has 0 atom stereocenters. The number of nitrogens with one attached hydrogen (secondary N) is 1. The third-order valence-corrected chi connectivity index (χ3v) is 5.30. The number of carbonyl (C=O) groups is 1. The first-order chi connectivity index (χ1) is 14.2. The van der Waals surface area contributed by atoms with E-state index in [2.05, 4.69) is 15.3 Å². The summed E-state index contributed by atoms with van der Waals surface area (Å²) >= 11 is 1.51. The zero-order valence-corrected chi connectivity index (χ0v) is 15.9. The summed E-state index contributed by atoms with van der Waals surface area (Å²) < 4.78 is 16.1. The number of hydrogen-bond donors (Lipinski definition) is 1. The first-order valence-corrected chi connectivity index (χ1v) is 9.70. The number of anilines is 1. The van der Waals surface area contributed by atoms with Gasteiger partial charge in [0.2, 0.25) is 6.79 Å². The van der Waals surface area contributed by atoms with Crippen molar-refractivity contribution in [2.45, 2.75) is 0 Å². The Balaban J connectivity index is 1.25. The van der Waals surface area contributed by atoms with Crippen LogP contribution >= 0.6 is 11.3 Å². The molecule has 0 saturated carbocycles. The van der Waals surface area contributed by atoms with Gasteiger partial charge in [-0.05, 0) is 36.4 Å². The molecule has 2 aromatic carbocycles. The lowest BCUT2D eigenvalue weighted by Gasteiger charge is -2.09. The van der Waals surface area contributed by atoms with Crippen LogP contribution in [-0.2, 0) is 4.79 Å². The summed E-state index contributed by atoms with van der Waals surface area (Å²) in [5.41, 5.74) is 2.45. The second-order valence-corrected chi connectivity index (χ2v) is 7.26. The predicted molar refractivity (Wildman–Crippen MR) is 110 cm³/mol. The fourth-order valence-electron chi connectivity index (χ4n) is 2.94. The summed E-state index contributed by atoms with van der Waals surface area (Å²) in [6.07, 6.45) is 1.75. The minimum absolute atomic E-state index is 0.116. The standard InChI is InChI=1S/C21H15N3O4S/c25-19(11-26-15-6-7-17-18(10-15)28-12-27-17)23-14-4-1-3-13(9-14)20-24-16-5-2-8-22-21(16)29-20/h1-10H,11-12H2,(H,23,25). The maximum atomic E-state index is 12.3. The molecule has 7 nitrogen and oxygen atoms in total. The summed E-state index contributed by atoms with van der Waals surface area (Å²) in [4.78, 5) is 22.1. The summed E-state index contributed by atoms with van der Waals surface area (Å²) in [6.45, 7) is 0.0786. The summed E-state index contributed by atoms with van der Waals surface area (Å²) in [5.74, 6) is 1.57. The molecule has 5 rings (SSSR count). The van der Waals surface area contributed by atoms with Crippen molar-refractivity contribution in [3.63, 3.8) is 0 Å². The monoisotopic (exact) mass is 405 g/mol. The number of ether oxygens (including phenoxy) is 3. The van der Waals surface area contributed by atoms with E-state index >= 15 is 0 Å². The zero-order chi connectivity index (χ0) is 19.6. The van der Waals surface area contributed by atoms with Gasteiger partial charge in [0.05, 0.1) is 0 Å². The molecular formula is C21H15N3O4S. The van der Waals surface area contributed by atoms with Crippen LogP contribution < -0.4 is 19.5 Å². The normalized spacial score (nSPS) is 12.1. The van der Waals surface area contributed by atoms with Crippen molar-refractivity contribution >= 4 is 33.3 Å². The van der Waals surface area contributed by atoms with E-state index in [0.717, 1.165) is 20.9 Å². The molecule has 1 aliphatic rings. The number of amides is 1. The second kappa shape index (κ2) is 7.40. The maximum absolute atomic E-state index is 12.3. The van der Waals surface area contributed by atoms with Crippen LogP contribution in [0.2, 0.25) is 0 Å². The number of benzene rings is 2. The smallest absolute Gasteiger partial charge is 0.262 e. The van der Waals surface area contributed by atoms with Gasteiger partial charge >= 0.3 is 0 Å². The minimum Gasteiger partial charge on any atom is -0.484 e. The molecule has 0 fully saturated rings. The number of fused-ring (bicyclic) bond motifs is 2. The van der Waals surface area contributed by atoms with E-state index in [0.29, 0.717) is 22.9 Å². The molecule has 0 bridgehead atoms. The first kappa shape index (κ1) is 17.4. The second-order valence-electron chi connectivity index (χ2n) is 6.28. The van der Waals surface area contributed by atoms with E-state index in [-0.39, 0.29) is 19.3 Å². The highest BCUT2D eigenvalue weighted by molar-refractivity contribution is 7.21. The van der Waals surface area contributed by atoms with Crippen molar-refractivity contribution in [3.05, 3.63) is 60.8 Å². The van der Waals surface area contributed by atoms with Gasteiger partial charge in [0.25, 0.3) is 5.91 Å². The molecule has 0 radical (unpaired) electrons. The first-order valence-electron chi connectivity index (χ1n) is 8.89. The molecule has 2 aromatic heterocycles. The van der Waals surface area contributed by atoms with Crippen LogP contribution in [0.4, 0.5) is 5.69 Å². The average molecular weight is 405 g/mol. The Morgan fingerprint density at radius 3 is 2.97 bits per heavy atom. The number of rotatable bonds is 5. The largest absolute Gasteiger partial charge is 0.484 e. The Morgan fingerprint density at radius 1 is 1.10 bits per heavy atom. The van der Waals surface area contributed by atoms with Crippen LogP contribution in [0, 0.1) is 0 Å². The van der Waals surface area contributed by atoms with E-state index in [1.165, 1.54) is 11.3 Å². The van der Waals surface area contributed by atoms with Gasteiger partial charge in [0, 0.05) is 23.5 Å². The fourth-order valence-corrected chi connectivity index (χ4v) is 3.84. The molecule has 8 heteroatoms. The quantitative estimate of drug-likeness (QED) is 0.538. The maximum Gasteiger partial charge on any atom is 0.262 e. The molecule has 0 unspecified atom stereocenters. The van der Waals surface area contributed by atoms with Gasteiger partial charge in [-0.3, -0.25) is 4.79 Å². The summed E-state index contributed by atoms with van der Waals surface area (Å²) in [5, 5.41) is 3.70. The van der Waals surface area contributed by atoms with Crippen molar-refractivity contribution < 1.29 is 19.0 Å². The molecule has 3 heterocycles. The van der Waals surface area contributed by atoms with E-state index < -0.39 is 0 Å². The Morgan fingerprint density at radius 2 is 2.03 bits per heavy atom. The third-order valence-electron chi connectivity index (χ3n) is 4.27. The molecule has 0 spiro atoms. The van der Waals surface area contributed by atoms with Crippen LogP contribution in [-0.4, -0.2) is 29.3 Å². The van der Waals surface area contributed by atoms with E-state index in [1.54, 1.807) is 24.4 Å². The highest BCUT2D eigenvalue weighted by atomic mass is 32.1. The SMILES string of the molecule is O=C(COc1ccc2c(c1)OCO2)Nc1cccc(-c2nc3cccnc3s2)c1. The number of nitrogens with zero attached hydrogens (tertiary/aromatic N) is 2. The average Bonchev–Trinajstić information content (AvgIpc) is 3.39. The fraction of sp³-hybridized carbons (Fsp3) is 0.0952. The molecule has 1 amide bonds. The number of carbonyl (C=O) groups excluding carboxylic acids is 1. The van der Waals surface area contributed by atoms with Crippen LogP contribution in [0.1, 0.15) is 0 Å². The van der Waals surface area contributed by atoms with Crippen LogP contribution in [0.25, 0.3) is 20.9 Å². The number of aromatic nitrogens is 2. The Kier molecular flexibility index (Phi) is 4.45. The van der Waals surface area contributed by atoms with Crippen LogP contribution in [0.5, 0.6) is 17.2 Å². The lowest BCUT2D eigenvalue weighted by atomic mass is 10.2. The van der Waals surface area contributed by atoms with Gasteiger partial charge in [-0.15, -0.1) is 0 Å². The number of pyridine rings is 1. The van der Waals surface area contributed by atoms with E-state index in [1.807, 2.05) is 36.4 Å². The van der Waals surface area contributed by atoms with Crippen LogP contribution in [0.3, 0.4) is 0 Å². The predicted octanol–water partition coefficient (Wildman–Crippen LogP) is 4.10. The highest BCUT2D eigenvalue weighted by Crippen LogP contribution is 2.35. The van der Waals surface area contributed by atoms with Crippen LogP contribution in [0.15, 0.2) is 60.8 Å². The Labute approximate surface area is 169 Å². The van der Waals surface area contributed by atoms with Crippen molar-refractivity contribution in [2.24, 2.45) is 0 Å². The molecule has 1 aliphatic heterocycles. The molecule has 1 N–H and O–H groups in total. The van der Waals surface area contributed by atoms with Crippen molar-refractivity contribution in [2.75, 3.05) is 18.7 Å². The Hall–Kier alpha value is -3.65. The third kappa shape index (κ3) is 3.70. The topological polar surface area (TPSA) is 82.6 Å². The van der Waals surface area contributed by atoms with Gasteiger partial charge in [0.15, 0.2) is 18.1 Å². The van der Waals surface area contributed by atoms with Gasteiger partial charge in [-0.25, -0.2) is 9.97 Å². The molecule has 0 aliphatic carbocycles. The Bertz CT molecular complexity index is 1170. The molecule has 29 heavy (non-hydrogen) atoms. The van der Waals surface area contributed by atoms with Gasteiger partial charge in [-0.2, -0.15) is 0 Å². The number of thiazole rings is 1. The highest BCUT2D eigenvalue weighted by Gasteiger charge is 2.14. The lowest BCUT2D eigenvalue weighted by molar-refractivity contribution is -0.118. The number of hydrogen-bond acceptors (Lipinski definition) is 7.